The zero-order chi connectivity index (χ0) is 20.7. The number of benzene rings is 1. The number of methoxy groups -OCH3 is 3. The number of nitrogens with zero attached hydrogens (tertiary/aromatic N) is 2. The molecule has 8 nitrogen and oxygen atoms in total. The lowest BCUT2D eigenvalue weighted by Crippen LogP contribution is -2.40. The molecule has 0 aliphatic rings. The second kappa shape index (κ2) is 9.93. The van der Waals surface area contributed by atoms with Crippen molar-refractivity contribution in [1.29, 1.82) is 0 Å². The lowest BCUT2D eigenvalue weighted by atomic mass is 10.1. The number of rotatable bonds is 9. The standard InChI is InChI=1S/C19H25N3O5S/c1-12(2)10-22(11-16(23)21-19-20-6-7-28-19)18(24)13-8-14(25-3)17(27-5)15(9-13)26-4/h6-9,12H,10-11H2,1-5H3,(H,20,21,23). The van der Waals surface area contributed by atoms with Gasteiger partial charge in [0, 0.05) is 23.7 Å². The van der Waals surface area contributed by atoms with Crippen molar-refractivity contribution in [2.75, 3.05) is 39.7 Å². The Hall–Kier alpha value is -2.81. The van der Waals surface area contributed by atoms with Gasteiger partial charge in [-0.2, -0.15) is 0 Å². The maximum atomic E-state index is 13.1. The quantitative estimate of drug-likeness (QED) is 0.687. The molecule has 9 heteroatoms. The first-order valence-corrected chi connectivity index (χ1v) is 9.56. The summed E-state index contributed by atoms with van der Waals surface area (Å²) in [6, 6.07) is 3.16. The molecule has 0 atom stereocenters. The summed E-state index contributed by atoms with van der Waals surface area (Å²) in [6.45, 7) is 4.29. The summed E-state index contributed by atoms with van der Waals surface area (Å²) in [6.07, 6.45) is 1.60. The number of hydrogen-bond acceptors (Lipinski definition) is 7. The van der Waals surface area contributed by atoms with Crippen molar-refractivity contribution in [3.63, 3.8) is 0 Å². The summed E-state index contributed by atoms with van der Waals surface area (Å²) in [7, 11) is 4.47. The summed E-state index contributed by atoms with van der Waals surface area (Å²) in [4.78, 5) is 31.0. The molecule has 2 amide bonds. The summed E-state index contributed by atoms with van der Waals surface area (Å²) in [5.41, 5.74) is 0.345. The second-order valence-electron chi connectivity index (χ2n) is 6.38. The molecule has 0 aliphatic carbocycles. The molecule has 0 saturated heterocycles. The van der Waals surface area contributed by atoms with Gasteiger partial charge in [-0.1, -0.05) is 13.8 Å². The molecule has 1 aromatic carbocycles. The minimum absolute atomic E-state index is 0.0900. The van der Waals surface area contributed by atoms with Gasteiger partial charge in [0.25, 0.3) is 5.91 Å². The van der Waals surface area contributed by atoms with Crippen molar-refractivity contribution < 1.29 is 23.8 Å². The van der Waals surface area contributed by atoms with Crippen LogP contribution in [-0.2, 0) is 4.79 Å². The highest BCUT2D eigenvalue weighted by Gasteiger charge is 2.23. The second-order valence-corrected chi connectivity index (χ2v) is 7.27. The topological polar surface area (TPSA) is 90.0 Å². The van der Waals surface area contributed by atoms with Crippen LogP contribution in [0.4, 0.5) is 5.13 Å². The van der Waals surface area contributed by atoms with E-state index in [0.717, 1.165) is 0 Å². The molecule has 2 rings (SSSR count). The first-order valence-electron chi connectivity index (χ1n) is 8.68. The van der Waals surface area contributed by atoms with Crippen LogP contribution in [0, 0.1) is 5.92 Å². The molecule has 1 aromatic heterocycles. The number of hydrogen-bond donors (Lipinski definition) is 1. The number of ether oxygens (including phenoxy) is 3. The Morgan fingerprint density at radius 1 is 1.14 bits per heavy atom. The van der Waals surface area contributed by atoms with Gasteiger partial charge in [-0.05, 0) is 18.1 Å². The molecule has 0 saturated carbocycles. The summed E-state index contributed by atoms with van der Waals surface area (Å²) >= 11 is 1.32. The average Bonchev–Trinajstić information content (AvgIpc) is 3.17. The first-order chi connectivity index (χ1) is 13.4. The fourth-order valence-corrected chi connectivity index (χ4v) is 3.21. The molecule has 0 radical (unpaired) electrons. The van der Waals surface area contributed by atoms with Crippen LogP contribution in [0.2, 0.25) is 0 Å². The Bertz CT molecular complexity index is 783. The molecule has 1 N–H and O–H groups in total. The van der Waals surface area contributed by atoms with Crippen molar-refractivity contribution in [3.8, 4) is 17.2 Å². The van der Waals surface area contributed by atoms with Crippen LogP contribution >= 0.6 is 11.3 Å². The summed E-state index contributed by atoms with van der Waals surface area (Å²) < 4.78 is 15.9. The van der Waals surface area contributed by atoms with Gasteiger partial charge < -0.3 is 24.4 Å². The molecular formula is C19H25N3O5S. The van der Waals surface area contributed by atoms with Crippen LogP contribution in [0.1, 0.15) is 24.2 Å². The van der Waals surface area contributed by atoms with E-state index in [2.05, 4.69) is 10.3 Å². The lowest BCUT2D eigenvalue weighted by Gasteiger charge is -2.24. The van der Waals surface area contributed by atoms with Crippen LogP contribution < -0.4 is 19.5 Å². The minimum atomic E-state index is -0.309. The van der Waals surface area contributed by atoms with E-state index < -0.39 is 0 Å². The number of aromatic nitrogens is 1. The van der Waals surface area contributed by atoms with Gasteiger partial charge >= 0.3 is 0 Å². The molecule has 0 unspecified atom stereocenters. The molecule has 1 heterocycles. The highest BCUT2D eigenvalue weighted by Crippen LogP contribution is 2.38. The van der Waals surface area contributed by atoms with Gasteiger partial charge in [0.2, 0.25) is 11.7 Å². The van der Waals surface area contributed by atoms with Gasteiger partial charge in [-0.15, -0.1) is 11.3 Å². The molecular weight excluding hydrogens is 382 g/mol. The molecule has 0 aliphatic heterocycles. The van der Waals surface area contributed by atoms with Crippen LogP contribution in [0.25, 0.3) is 0 Å². The molecule has 28 heavy (non-hydrogen) atoms. The van der Waals surface area contributed by atoms with Crippen LogP contribution in [0.15, 0.2) is 23.7 Å². The van der Waals surface area contributed by atoms with E-state index in [1.165, 1.54) is 37.6 Å². The van der Waals surface area contributed by atoms with Crippen molar-refractivity contribution >= 4 is 28.3 Å². The third-order valence-corrected chi connectivity index (χ3v) is 4.49. The third kappa shape index (κ3) is 5.35. The fraction of sp³-hybridized carbons (Fsp3) is 0.421. The van der Waals surface area contributed by atoms with E-state index in [4.69, 9.17) is 14.2 Å². The Kier molecular flexibility index (Phi) is 7.62. The van der Waals surface area contributed by atoms with Gasteiger partial charge in [-0.3, -0.25) is 9.59 Å². The van der Waals surface area contributed by atoms with E-state index >= 15 is 0 Å². The lowest BCUT2D eigenvalue weighted by molar-refractivity contribution is -0.117. The Morgan fingerprint density at radius 2 is 1.79 bits per heavy atom. The number of anilines is 1. The van der Waals surface area contributed by atoms with Crippen molar-refractivity contribution in [1.82, 2.24) is 9.88 Å². The summed E-state index contributed by atoms with van der Waals surface area (Å²) in [5.74, 6) is 0.722. The van der Waals surface area contributed by atoms with E-state index in [1.807, 2.05) is 13.8 Å². The van der Waals surface area contributed by atoms with E-state index in [0.29, 0.717) is 34.5 Å². The monoisotopic (exact) mass is 407 g/mol. The van der Waals surface area contributed by atoms with Crippen molar-refractivity contribution in [2.45, 2.75) is 13.8 Å². The van der Waals surface area contributed by atoms with E-state index in [1.54, 1.807) is 23.7 Å². The van der Waals surface area contributed by atoms with Crippen LogP contribution in [0.3, 0.4) is 0 Å². The molecule has 2 aromatic rings. The number of thiazole rings is 1. The summed E-state index contributed by atoms with van der Waals surface area (Å²) in [5, 5.41) is 4.96. The molecule has 152 valence electrons. The molecule has 0 bridgehead atoms. The smallest absolute Gasteiger partial charge is 0.254 e. The maximum absolute atomic E-state index is 13.1. The molecule has 0 fully saturated rings. The number of nitrogens with one attached hydrogen (secondary N) is 1. The van der Waals surface area contributed by atoms with Gasteiger partial charge in [0.05, 0.1) is 21.3 Å². The zero-order valence-electron chi connectivity index (χ0n) is 16.6. The normalized spacial score (nSPS) is 10.5. The number of carbonyl (C=O) groups excluding carboxylic acids is 2. The predicted octanol–water partition coefficient (Wildman–Crippen LogP) is 2.91. The third-order valence-electron chi connectivity index (χ3n) is 3.80. The first kappa shape index (κ1) is 21.5. The highest BCUT2D eigenvalue weighted by atomic mass is 32.1. The Labute approximate surface area is 168 Å². The average molecular weight is 407 g/mol. The zero-order valence-corrected chi connectivity index (χ0v) is 17.5. The van der Waals surface area contributed by atoms with Crippen molar-refractivity contribution in [2.24, 2.45) is 5.92 Å². The Morgan fingerprint density at radius 3 is 2.25 bits per heavy atom. The maximum Gasteiger partial charge on any atom is 0.254 e. The van der Waals surface area contributed by atoms with Crippen molar-refractivity contribution in [3.05, 3.63) is 29.3 Å². The largest absolute Gasteiger partial charge is 0.493 e. The number of amides is 2. The highest BCUT2D eigenvalue weighted by molar-refractivity contribution is 7.13. The van der Waals surface area contributed by atoms with Gasteiger partial charge in [-0.25, -0.2) is 4.98 Å². The predicted molar refractivity (Wildman–Crippen MR) is 108 cm³/mol. The van der Waals surface area contributed by atoms with Crippen LogP contribution in [-0.4, -0.2) is 56.1 Å². The van der Waals surface area contributed by atoms with Crippen LogP contribution in [0.5, 0.6) is 17.2 Å². The van der Waals surface area contributed by atoms with E-state index in [9.17, 15) is 9.59 Å². The SMILES string of the molecule is COc1cc(C(=O)N(CC(=O)Nc2nccs2)CC(C)C)cc(OC)c1OC. The van der Waals surface area contributed by atoms with Gasteiger partial charge in [0.1, 0.15) is 6.54 Å². The molecule has 0 spiro atoms. The Balaban J connectivity index is 2.27. The number of carbonyl (C=O) groups is 2. The minimum Gasteiger partial charge on any atom is -0.493 e. The van der Waals surface area contributed by atoms with E-state index in [-0.39, 0.29) is 24.3 Å². The fourth-order valence-electron chi connectivity index (χ4n) is 2.66. The van der Waals surface area contributed by atoms with Gasteiger partial charge in [0.15, 0.2) is 16.6 Å².